The van der Waals surface area contributed by atoms with Gasteiger partial charge in [-0.2, -0.15) is 0 Å². The van der Waals surface area contributed by atoms with Crippen LogP contribution in [0, 0.1) is 30.3 Å². The topological polar surface area (TPSA) is 141 Å². The summed E-state index contributed by atoms with van der Waals surface area (Å²) < 4.78 is 0. The van der Waals surface area contributed by atoms with Gasteiger partial charge in [-0.15, -0.1) is 0 Å². The summed E-state index contributed by atoms with van der Waals surface area (Å²) in [4.78, 5) is 31.6. The summed E-state index contributed by atoms with van der Waals surface area (Å²) in [5, 5.41) is 35.7. The number of nitro groups is 3. The lowest BCUT2D eigenvalue weighted by Crippen LogP contribution is -2.05. The Morgan fingerprint density at radius 3 is 2.09 bits per heavy atom. The SMILES string of the molecule is O=[N+]([O-])c1ccc2c(c1)Sc1cc([N+](=O)[O-])cc([N+](=O)[O-])c1N2. The lowest BCUT2D eigenvalue weighted by Gasteiger charge is -2.20. The van der Waals surface area contributed by atoms with Gasteiger partial charge in [-0.3, -0.25) is 30.3 Å². The number of rotatable bonds is 3. The Morgan fingerprint density at radius 1 is 0.826 bits per heavy atom. The third-order valence-corrected chi connectivity index (χ3v) is 4.23. The van der Waals surface area contributed by atoms with Gasteiger partial charge in [-0.05, 0) is 6.07 Å². The number of benzene rings is 2. The van der Waals surface area contributed by atoms with Gasteiger partial charge in [0.25, 0.3) is 11.4 Å². The van der Waals surface area contributed by atoms with Crippen molar-refractivity contribution >= 4 is 40.2 Å². The highest BCUT2D eigenvalue weighted by Gasteiger charge is 2.29. The van der Waals surface area contributed by atoms with E-state index in [0.717, 1.165) is 17.8 Å². The molecule has 0 bridgehead atoms. The van der Waals surface area contributed by atoms with Crippen molar-refractivity contribution in [2.75, 3.05) is 5.32 Å². The van der Waals surface area contributed by atoms with E-state index in [1.165, 1.54) is 24.3 Å². The standard InChI is InChI=1S/C12H6N4O6S/c17-14(18)6-1-2-8-10(4-6)23-11-5-7(15(19)20)3-9(16(21)22)12(11)13-8/h1-5,13H. The molecular formula is C12H6N4O6S. The first-order chi connectivity index (χ1) is 10.9. The second kappa shape index (κ2) is 5.21. The van der Waals surface area contributed by atoms with Crippen LogP contribution in [0.1, 0.15) is 0 Å². The summed E-state index contributed by atoms with van der Waals surface area (Å²) in [6.45, 7) is 0. The zero-order chi connectivity index (χ0) is 16.7. The van der Waals surface area contributed by atoms with Crippen LogP contribution in [-0.2, 0) is 0 Å². The second-order valence-electron chi connectivity index (χ2n) is 4.52. The Balaban J connectivity index is 2.14. The minimum Gasteiger partial charge on any atom is -0.348 e. The average molecular weight is 334 g/mol. The van der Waals surface area contributed by atoms with E-state index in [-0.39, 0.29) is 16.3 Å². The molecule has 0 radical (unpaired) electrons. The van der Waals surface area contributed by atoms with Crippen molar-refractivity contribution in [3.63, 3.8) is 0 Å². The highest BCUT2D eigenvalue weighted by molar-refractivity contribution is 7.99. The molecule has 0 saturated heterocycles. The molecule has 1 aliphatic heterocycles. The number of nitrogens with one attached hydrogen (secondary N) is 1. The Bertz CT molecular complexity index is 884. The van der Waals surface area contributed by atoms with E-state index in [2.05, 4.69) is 5.32 Å². The van der Waals surface area contributed by atoms with Gasteiger partial charge in [0.15, 0.2) is 0 Å². The van der Waals surface area contributed by atoms with E-state index < -0.39 is 26.1 Å². The molecule has 116 valence electrons. The molecule has 23 heavy (non-hydrogen) atoms. The molecule has 2 aromatic carbocycles. The van der Waals surface area contributed by atoms with Crippen LogP contribution in [0.3, 0.4) is 0 Å². The second-order valence-corrected chi connectivity index (χ2v) is 5.60. The molecule has 1 heterocycles. The molecule has 1 aliphatic rings. The van der Waals surface area contributed by atoms with Crippen molar-refractivity contribution in [2.24, 2.45) is 0 Å². The summed E-state index contributed by atoms with van der Waals surface area (Å²) in [6, 6.07) is 6.09. The van der Waals surface area contributed by atoms with E-state index in [9.17, 15) is 30.3 Å². The normalized spacial score (nSPS) is 11.8. The minimum atomic E-state index is -0.725. The maximum Gasteiger partial charge on any atom is 0.300 e. The fraction of sp³-hybridized carbons (Fsp3) is 0. The number of hydrogen-bond acceptors (Lipinski definition) is 8. The lowest BCUT2D eigenvalue weighted by atomic mass is 10.2. The van der Waals surface area contributed by atoms with Gasteiger partial charge < -0.3 is 5.32 Å². The maximum absolute atomic E-state index is 11.1. The molecule has 0 spiro atoms. The molecule has 10 nitrogen and oxygen atoms in total. The van der Waals surface area contributed by atoms with Gasteiger partial charge in [0, 0.05) is 28.0 Å². The number of non-ortho nitro benzene ring substituents is 2. The van der Waals surface area contributed by atoms with Crippen LogP contribution in [-0.4, -0.2) is 14.8 Å². The van der Waals surface area contributed by atoms with Crippen LogP contribution >= 0.6 is 11.8 Å². The molecule has 2 aromatic rings. The van der Waals surface area contributed by atoms with Gasteiger partial charge in [0.2, 0.25) is 0 Å². The Kier molecular flexibility index (Phi) is 3.33. The van der Waals surface area contributed by atoms with Crippen molar-refractivity contribution in [3.8, 4) is 0 Å². The molecule has 3 rings (SSSR count). The van der Waals surface area contributed by atoms with Crippen LogP contribution < -0.4 is 5.32 Å². The third kappa shape index (κ3) is 2.53. The Hall–Kier alpha value is -3.21. The average Bonchev–Trinajstić information content (AvgIpc) is 2.50. The molecule has 0 aliphatic carbocycles. The highest BCUT2D eigenvalue weighted by atomic mass is 32.2. The van der Waals surface area contributed by atoms with Gasteiger partial charge in [0.05, 0.1) is 26.5 Å². The third-order valence-electron chi connectivity index (χ3n) is 3.13. The summed E-state index contributed by atoms with van der Waals surface area (Å²) in [5.41, 5.74) is -0.386. The molecular weight excluding hydrogens is 328 g/mol. The first-order valence-electron chi connectivity index (χ1n) is 6.07. The van der Waals surface area contributed by atoms with E-state index >= 15 is 0 Å². The molecule has 0 aromatic heterocycles. The van der Waals surface area contributed by atoms with Gasteiger partial charge >= 0.3 is 5.69 Å². The molecule has 0 unspecified atom stereocenters. The minimum absolute atomic E-state index is 0.131. The number of fused-ring (bicyclic) bond motifs is 2. The van der Waals surface area contributed by atoms with Crippen molar-refractivity contribution in [3.05, 3.63) is 60.7 Å². The Labute approximate surface area is 131 Å². The summed E-state index contributed by atoms with van der Waals surface area (Å²) >= 11 is 1.00. The van der Waals surface area contributed by atoms with Gasteiger partial charge in [-0.25, -0.2) is 0 Å². The van der Waals surface area contributed by atoms with E-state index in [0.29, 0.717) is 10.6 Å². The maximum atomic E-state index is 11.1. The van der Waals surface area contributed by atoms with Crippen molar-refractivity contribution in [1.82, 2.24) is 0 Å². The van der Waals surface area contributed by atoms with Crippen LogP contribution in [0.25, 0.3) is 0 Å². The fourth-order valence-electron chi connectivity index (χ4n) is 2.11. The first-order valence-corrected chi connectivity index (χ1v) is 6.88. The number of hydrogen-bond donors (Lipinski definition) is 1. The molecule has 0 amide bonds. The zero-order valence-corrected chi connectivity index (χ0v) is 11.9. The van der Waals surface area contributed by atoms with Crippen LogP contribution in [0.15, 0.2) is 40.1 Å². The molecule has 0 fully saturated rings. The van der Waals surface area contributed by atoms with E-state index in [1.54, 1.807) is 0 Å². The van der Waals surface area contributed by atoms with E-state index in [4.69, 9.17) is 0 Å². The predicted molar refractivity (Wildman–Crippen MR) is 80.3 cm³/mol. The predicted octanol–water partition coefficient (Wildman–Crippen LogP) is 3.62. The first kappa shape index (κ1) is 14.7. The van der Waals surface area contributed by atoms with Gasteiger partial charge in [0.1, 0.15) is 5.69 Å². The smallest absolute Gasteiger partial charge is 0.300 e. The van der Waals surface area contributed by atoms with E-state index in [1.807, 2.05) is 0 Å². The number of nitro benzene ring substituents is 3. The number of anilines is 2. The van der Waals surface area contributed by atoms with Crippen molar-refractivity contribution in [2.45, 2.75) is 9.79 Å². The van der Waals surface area contributed by atoms with Gasteiger partial charge in [-0.1, -0.05) is 11.8 Å². The molecule has 11 heteroatoms. The summed E-state index contributed by atoms with van der Waals surface area (Å²) in [7, 11) is 0. The van der Waals surface area contributed by atoms with Crippen molar-refractivity contribution < 1.29 is 14.8 Å². The van der Waals surface area contributed by atoms with Crippen LogP contribution in [0.5, 0.6) is 0 Å². The monoisotopic (exact) mass is 334 g/mol. The fourth-order valence-corrected chi connectivity index (χ4v) is 3.19. The molecule has 1 N–H and O–H groups in total. The largest absolute Gasteiger partial charge is 0.348 e. The number of nitrogens with zero attached hydrogens (tertiary/aromatic N) is 3. The zero-order valence-electron chi connectivity index (χ0n) is 11.1. The Morgan fingerprint density at radius 2 is 1.48 bits per heavy atom. The highest BCUT2D eigenvalue weighted by Crippen LogP contribution is 2.50. The van der Waals surface area contributed by atoms with Crippen LogP contribution in [0.4, 0.5) is 28.4 Å². The lowest BCUT2D eigenvalue weighted by molar-refractivity contribution is -0.393. The summed E-state index contributed by atoms with van der Waals surface area (Å²) in [6.07, 6.45) is 0. The quantitative estimate of drug-likeness (QED) is 0.565. The molecule has 0 atom stereocenters. The van der Waals surface area contributed by atoms with Crippen LogP contribution in [0.2, 0.25) is 0 Å². The summed E-state index contributed by atoms with van der Waals surface area (Å²) in [5.74, 6) is 0. The van der Waals surface area contributed by atoms with Crippen molar-refractivity contribution in [1.29, 1.82) is 0 Å². The molecule has 0 saturated carbocycles.